The summed E-state index contributed by atoms with van der Waals surface area (Å²) in [4.78, 5) is 30.0. The molecule has 1 spiro atoms. The van der Waals surface area contributed by atoms with Crippen LogP contribution in [0.1, 0.15) is 58.0 Å². The molecule has 2 aliphatic heterocycles. The number of aromatic nitrogens is 2. The predicted octanol–water partition coefficient (Wildman–Crippen LogP) is 5.96. The Labute approximate surface area is 270 Å². The van der Waals surface area contributed by atoms with Crippen LogP contribution in [0, 0.1) is 5.82 Å². The number of halogens is 7. The number of alkyl halides is 6. The smallest absolute Gasteiger partial charge is 0.364 e. The van der Waals surface area contributed by atoms with Gasteiger partial charge in [-0.3, -0.25) is 18.8 Å². The van der Waals surface area contributed by atoms with E-state index in [-0.39, 0.29) is 43.8 Å². The van der Waals surface area contributed by atoms with Crippen molar-refractivity contribution in [2.75, 3.05) is 13.1 Å². The zero-order valence-corrected chi connectivity index (χ0v) is 25.5. The van der Waals surface area contributed by atoms with E-state index >= 15 is 4.39 Å². The first-order valence-electron chi connectivity index (χ1n) is 15.2. The molecule has 0 radical (unpaired) electrons. The first-order valence-corrected chi connectivity index (χ1v) is 15.2. The van der Waals surface area contributed by atoms with Crippen LogP contribution in [0.5, 0.6) is 0 Å². The Bertz CT molecular complexity index is 1930. The Morgan fingerprint density at radius 2 is 1.52 bits per heavy atom. The first kappa shape index (κ1) is 33.6. The number of hydrogen-bond donors (Lipinski definition) is 1. The molecule has 2 N–H and O–H groups in total. The Morgan fingerprint density at radius 1 is 0.833 bits per heavy atom. The van der Waals surface area contributed by atoms with Gasteiger partial charge in [-0.05, 0) is 42.2 Å². The van der Waals surface area contributed by atoms with Crippen molar-refractivity contribution in [3.8, 4) is 0 Å². The molecule has 0 amide bonds. The normalized spacial score (nSPS) is 17.1. The average molecular weight is 677 g/mol. The number of nitrogens with two attached hydrogens (primary N) is 1. The highest BCUT2D eigenvalue weighted by molar-refractivity contribution is 5.35. The van der Waals surface area contributed by atoms with Gasteiger partial charge < -0.3 is 10.5 Å². The van der Waals surface area contributed by atoms with Gasteiger partial charge in [0.25, 0.3) is 5.56 Å². The fourth-order valence-corrected chi connectivity index (χ4v) is 6.67. The molecule has 1 unspecified atom stereocenters. The van der Waals surface area contributed by atoms with E-state index in [0.717, 1.165) is 39.5 Å². The molecule has 4 aromatic rings. The summed E-state index contributed by atoms with van der Waals surface area (Å²) in [6.07, 6.45) is -8.99. The van der Waals surface area contributed by atoms with Gasteiger partial charge in [0.05, 0.1) is 42.1 Å². The minimum atomic E-state index is -4.92. The number of piperidine rings is 1. The molecule has 254 valence electrons. The molecule has 6 rings (SSSR count). The van der Waals surface area contributed by atoms with Crippen molar-refractivity contribution < 1.29 is 35.5 Å². The van der Waals surface area contributed by atoms with Gasteiger partial charge in [0.15, 0.2) is 0 Å². The van der Waals surface area contributed by atoms with Gasteiger partial charge in [0, 0.05) is 31.2 Å². The molecule has 1 aromatic heterocycles. The molecule has 3 aromatic carbocycles. The summed E-state index contributed by atoms with van der Waals surface area (Å²) in [5.74, 6) is -1.17. The number of rotatable bonds is 7. The second-order valence-corrected chi connectivity index (χ2v) is 12.1. The summed E-state index contributed by atoms with van der Waals surface area (Å²) < 4.78 is 105. The van der Waals surface area contributed by atoms with Crippen LogP contribution in [0.2, 0.25) is 0 Å². The second kappa shape index (κ2) is 12.6. The molecule has 0 bridgehead atoms. The summed E-state index contributed by atoms with van der Waals surface area (Å²) in [6, 6.07) is 15.3. The van der Waals surface area contributed by atoms with Gasteiger partial charge in [-0.15, -0.1) is 0 Å². The van der Waals surface area contributed by atoms with E-state index in [2.05, 4.69) is 0 Å². The van der Waals surface area contributed by atoms with Crippen LogP contribution in [0.25, 0.3) is 0 Å². The third kappa shape index (κ3) is 6.43. The predicted molar refractivity (Wildman–Crippen MR) is 161 cm³/mol. The maximum atomic E-state index is 15.0. The summed E-state index contributed by atoms with van der Waals surface area (Å²) in [6.45, 7) is -0.585. The minimum absolute atomic E-state index is 0.0530. The lowest BCUT2D eigenvalue weighted by Gasteiger charge is -2.39. The standard InChI is InChI=1S/C34H31F7N4O3/c35-26-11-5-10-25(34(39,40)41)24(26)18-44-28-20-48-32(12-14-43(15-13-32)17-21-6-4-9-23(16-21)33(36,37)38)29(28)30(46)45(31(44)47)19-27(42)22-7-2-1-3-8-22/h1-11,16,27H,12-15,17-20,42H2. The van der Waals surface area contributed by atoms with Crippen LogP contribution >= 0.6 is 0 Å². The van der Waals surface area contributed by atoms with Crippen LogP contribution in [0.4, 0.5) is 30.7 Å². The van der Waals surface area contributed by atoms with Crippen molar-refractivity contribution in [2.45, 2.75) is 63.1 Å². The van der Waals surface area contributed by atoms with Gasteiger partial charge in [0.2, 0.25) is 0 Å². The van der Waals surface area contributed by atoms with Gasteiger partial charge in [-0.2, -0.15) is 26.3 Å². The zero-order chi connectivity index (χ0) is 34.4. The van der Waals surface area contributed by atoms with Gasteiger partial charge in [0.1, 0.15) is 11.4 Å². The Balaban J connectivity index is 1.38. The van der Waals surface area contributed by atoms with Crippen LogP contribution in [0.3, 0.4) is 0 Å². The lowest BCUT2D eigenvalue weighted by atomic mass is 9.85. The third-order valence-corrected chi connectivity index (χ3v) is 9.15. The SMILES string of the molecule is NC(Cn1c(=O)c2c(n(Cc3c(F)cccc3C(F)(F)F)c1=O)COC21CCN(Cc2cccc(C(F)(F)F)c2)CC1)c1ccccc1. The van der Waals surface area contributed by atoms with E-state index in [1.807, 2.05) is 4.90 Å². The molecule has 3 heterocycles. The molecule has 7 nitrogen and oxygen atoms in total. The lowest BCUT2D eigenvalue weighted by Crippen LogP contribution is -2.49. The number of hydrogen-bond acceptors (Lipinski definition) is 5. The molecular weight excluding hydrogens is 645 g/mol. The maximum absolute atomic E-state index is 15.0. The van der Waals surface area contributed by atoms with E-state index in [1.54, 1.807) is 36.4 Å². The molecular formula is C34H31F7N4O3. The largest absolute Gasteiger partial charge is 0.416 e. The summed E-state index contributed by atoms with van der Waals surface area (Å²) in [5.41, 5.74) is 1.93. The molecule has 1 fully saturated rings. The van der Waals surface area contributed by atoms with Crippen molar-refractivity contribution in [3.63, 3.8) is 0 Å². The van der Waals surface area contributed by atoms with Crippen LogP contribution in [-0.2, 0) is 48.9 Å². The van der Waals surface area contributed by atoms with Gasteiger partial charge in [-0.25, -0.2) is 9.18 Å². The monoisotopic (exact) mass is 676 g/mol. The van der Waals surface area contributed by atoms with Crippen molar-refractivity contribution in [1.82, 2.24) is 14.0 Å². The summed E-state index contributed by atoms with van der Waals surface area (Å²) >= 11 is 0. The number of fused-ring (bicyclic) bond motifs is 2. The molecule has 14 heteroatoms. The van der Waals surface area contributed by atoms with E-state index in [0.29, 0.717) is 24.2 Å². The quantitative estimate of drug-likeness (QED) is 0.245. The average Bonchev–Trinajstić information content (AvgIpc) is 3.41. The Morgan fingerprint density at radius 3 is 2.19 bits per heavy atom. The van der Waals surface area contributed by atoms with Crippen molar-refractivity contribution in [2.24, 2.45) is 5.73 Å². The summed E-state index contributed by atoms with van der Waals surface area (Å²) in [7, 11) is 0. The third-order valence-electron chi connectivity index (χ3n) is 9.15. The van der Waals surface area contributed by atoms with Crippen LogP contribution in [-0.4, -0.2) is 27.1 Å². The van der Waals surface area contributed by atoms with E-state index in [4.69, 9.17) is 10.5 Å². The highest BCUT2D eigenvalue weighted by Gasteiger charge is 2.47. The van der Waals surface area contributed by atoms with E-state index < -0.39 is 64.3 Å². The van der Waals surface area contributed by atoms with E-state index in [1.165, 1.54) is 6.07 Å². The molecule has 0 saturated carbocycles. The number of ether oxygens (including phenoxy) is 1. The summed E-state index contributed by atoms with van der Waals surface area (Å²) in [5, 5.41) is 0. The van der Waals surface area contributed by atoms with Crippen molar-refractivity contribution >= 4 is 0 Å². The number of benzene rings is 3. The Hall–Kier alpha value is -4.27. The molecule has 48 heavy (non-hydrogen) atoms. The lowest BCUT2D eigenvalue weighted by molar-refractivity contribution is -0.139. The zero-order valence-electron chi connectivity index (χ0n) is 25.5. The second-order valence-electron chi connectivity index (χ2n) is 12.1. The Kier molecular flexibility index (Phi) is 8.85. The van der Waals surface area contributed by atoms with Crippen LogP contribution in [0.15, 0.2) is 82.4 Å². The highest BCUT2D eigenvalue weighted by Crippen LogP contribution is 2.43. The van der Waals surface area contributed by atoms with Gasteiger partial charge in [-0.1, -0.05) is 54.6 Å². The van der Waals surface area contributed by atoms with Crippen molar-refractivity contribution in [3.05, 3.63) is 139 Å². The fraction of sp³-hybridized carbons (Fsp3) is 0.353. The van der Waals surface area contributed by atoms with Crippen molar-refractivity contribution in [1.29, 1.82) is 0 Å². The van der Waals surface area contributed by atoms with Crippen LogP contribution < -0.4 is 17.0 Å². The minimum Gasteiger partial charge on any atom is -0.364 e. The van der Waals surface area contributed by atoms with E-state index in [9.17, 15) is 35.9 Å². The molecule has 1 atom stereocenters. The fourth-order valence-electron chi connectivity index (χ4n) is 6.67. The molecule has 1 saturated heterocycles. The number of likely N-dealkylation sites (tertiary alicyclic amines) is 1. The highest BCUT2D eigenvalue weighted by atomic mass is 19.4. The topological polar surface area (TPSA) is 82.5 Å². The van der Waals surface area contributed by atoms with Gasteiger partial charge >= 0.3 is 18.0 Å². The number of nitrogens with zero attached hydrogens (tertiary/aromatic N) is 3. The molecule has 2 aliphatic rings. The first-order chi connectivity index (χ1) is 22.7. The maximum Gasteiger partial charge on any atom is 0.416 e. The molecule has 0 aliphatic carbocycles.